The summed E-state index contributed by atoms with van der Waals surface area (Å²) < 4.78 is 13.2. The van der Waals surface area contributed by atoms with Crippen molar-refractivity contribution in [2.45, 2.75) is 6.92 Å². The van der Waals surface area contributed by atoms with E-state index < -0.39 is 17.3 Å². The van der Waals surface area contributed by atoms with Gasteiger partial charge in [-0.05, 0) is 18.6 Å². The van der Waals surface area contributed by atoms with Crippen molar-refractivity contribution in [1.82, 2.24) is 0 Å². The standard InChI is InChI=1S/C9H6FNO2/c1-5-2-3-6(9(12)13)8(10)7(5)4-11/h2-3H,1H3,(H,12,13). The Labute approximate surface area is 74.0 Å². The summed E-state index contributed by atoms with van der Waals surface area (Å²) >= 11 is 0. The van der Waals surface area contributed by atoms with Crippen LogP contribution in [0.1, 0.15) is 21.5 Å². The lowest BCUT2D eigenvalue weighted by atomic mass is 10.1. The van der Waals surface area contributed by atoms with E-state index >= 15 is 0 Å². The number of carbonyl (C=O) groups is 1. The van der Waals surface area contributed by atoms with Crippen LogP contribution in [0.25, 0.3) is 0 Å². The fraction of sp³-hybridized carbons (Fsp3) is 0.111. The molecule has 0 fully saturated rings. The Bertz CT molecular complexity index is 407. The molecule has 1 rings (SSSR count). The summed E-state index contributed by atoms with van der Waals surface area (Å²) in [6.07, 6.45) is 0. The highest BCUT2D eigenvalue weighted by molar-refractivity contribution is 5.88. The normalized spacial score (nSPS) is 9.31. The van der Waals surface area contributed by atoms with E-state index in [1.165, 1.54) is 6.07 Å². The number of nitrogens with zero attached hydrogens (tertiary/aromatic N) is 1. The topological polar surface area (TPSA) is 61.1 Å². The van der Waals surface area contributed by atoms with Gasteiger partial charge >= 0.3 is 5.97 Å². The van der Waals surface area contributed by atoms with Crippen LogP contribution < -0.4 is 0 Å². The number of aromatic carboxylic acids is 1. The number of aryl methyl sites for hydroxylation is 1. The second-order valence-corrected chi connectivity index (χ2v) is 2.54. The Morgan fingerprint density at radius 2 is 2.23 bits per heavy atom. The van der Waals surface area contributed by atoms with E-state index in [4.69, 9.17) is 10.4 Å². The molecule has 66 valence electrons. The molecule has 0 amide bonds. The largest absolute Gasteiger partial charge is 0.478 e. The molecule has 0 atom stereocenters. The van der Waals surface area contributed by atoms with Crippen LogP contribution >= 0.6 is 0 Å². The molecule has 3 nitrogen and oxygen atoms in total. The molecule has 4 heteroatoms. The number of carboxylic acid groups (broad SMARTS) is 1. The van der Waals surface area contributed by atoms with Gasteiger partial charge in [-0.3, -0.25) is 0 Å². The molecule has 0 radical (unpaired) electrons. The van der Waals surface area contributed by atoms with Gasteiger partial charge in [-0.15, -0.1) is 0 Å². The molecule has 0 unspecified atom stereocenters. The van der Waals surface area contributed by atoms with E-state index in [0.717, 1.165) is 6.07 Å². The van der Waals surface area contributed by atoms with Crippen molar-refractivity contribution < 1.29 is 14.3 Å². The van der Waals surface area contributed by atoms with E-state index in [9.17, 15) is 9.18 Å². The lowest BCUT2D eigenvalue weighted by Gasteiger charge is -2.01. The van der Waals surface area contributed by atoms with Crippen LogP contribution in [-0.4, -0.2) is 11.1 Å². The summed E-state index contributed by atoms with van der Waals surface area (Å²) in [5.74, 6) is -2.33. The maximum atomic E-state index is 13.2. The van der Waals surface area contributed by atoms with E-state index in [-0.39, 0.29) is 5.56 Å². The Morgan fingerprint density at radius 3 is 2.69 bits per heavy atom. The van der Waals surface area contributed by atoms with Gasteiger partial charge in [0.15, 0.2) is 5.82 Å². The summed E-state index contributed by atoms with van der Waals surface area (Å²) in [5.41, 5.74) is -0.243. The van der Waals surface area contributed by atoms with Gasteiger partial charge in [-0.1, -0.05) is 6.07 Å². The fourth-order valence-corrected chi connectivity index (χ4v) is 0.975. The first kappa shape index (κ1) is 9.20. The van der Waals surface area contributed by atoms with Gasteiger partial charge in [0.25, 0.3) is 0 Å². The first-order chi connectivity index (χ1) is 6.07. The number of benzene rings is 1. The minimum atomic E-state index is -1.37. The second kappa shape index (κ2) is 3.23. The molecular weight excluding hydrogens is 173 g/mol. The van der Waals surface area contributed by atoms with E-state index in [1.807, 2.05) is 0 Å². The third kappa shape index (κ3) is 1.49. The van der Waals surface area contributed by atoms with Gasteiger partial charge in [0, 0.05) is 0 Å². The van der Waals surface area contributed by atoms with Crippen LogP contribution in [0.2, 0.25) is 0 Å². The van der Waals surface area contributed by atoms with Crippen molar-refractivity contribution in [3.8, 4) is 6.07 Å². The molecule has 0 aliphatic rings. The maximum Gasteiger partial charge on any atom is 0.338 e. The van der Waals surface area contributed by atoms with Crippen molar-refractivity contribution in [3.05, 3.63) is 34.6 Å². The Morgan fingerprint density at radius 1 is 1.62 bits per heavy atom. The summed E-state index contributed by atoms with van der Waals surface area (Å²) in [6.45, 7) is 1.55. The number of nitriles is 1. The first-order valence-corrected chi connectivity index (χ1v) is 3.50. The van der Waals surface area contributed by atoms with Crippen LogP contribution in [0.5, 0.6) is 0 Å². The van der Waals surface area contributed by atoms with Crippen molar-refractivity contribution in [2.24, 2.45) is 0 Å². The molecule has 1 aromatic carbocycles. The summed E-state index contributed by atoms with van der Waals surface area (Å²) in [4.78, 5) is 10.5. The number of rotatable bonds is 1. The number of carboxylic acids is 1. The summed E-state index contributed by atoms with van der Waals surface area (Å²) in [5, 5.41) is 17.0. The van der Waals surface area contributed by atoms with E-state index in [2.05, 4.69) is 0 Å². The third-order valence-electron chi connectivity index (χ3n) is 1.69. The van der Waals surface area contributed by atoms with Gasteiger partial charge < -0.3 is 5.11 Å². The number of hydrogen-bond donors (Lipinski definition) is 1. The Balaban J connectivity index is 3.47. The van der Waals surface area contributed by atoms with Gasteiger partial charge in [0.2, 0.25) is 0 Å². The zero-order valence-electron chi connectivity index (χ0n) is 6.84. The van der Waals surface area contributed by atoms with Gasteiger partial charge in [-0.2, -0.15) is 5.26 Å². The molecule has 1 aromatic rings. The Hall–Kier alpha value is -1.89. The minimum Gasteiger partial charge on any atom is -0.478 e. The molecule has 1 N–H and O–H groups in total. The van der Waals surface area contributed by atoms with Gasteiger partial charge in [0.05, 0.1) is 11.1 Å². The van der Waals surface area contributed by atoms with E-state index in [1.54, 1.807) is 13.0 Å². The fourth-order valence-electron chi connectivity index (χ4n) is 0.975. The van der Waals surface area contributed by atoms with Crippen molar-refractivity contribution >= 4 is 5.97 Å². The maximum absolute atomic E-state index is 13.2. The lowest BCUT2D eigenvalue weighted by molar-refractivity contribution is 0.0692. The zero-order valence-corrected chi connectivity index (χ0v) is 6.84. The monoisotopic (exact) mass is 179 g/mol. The van der Waals surface area contributed by atoms with Crippen molar-refractivity contribution in [1.29, 1.82) is 5.26 Å². The number of halogens is 1. The van der Waals surface area contributed by atoms with Gasteiger partial charge in [-0.25, -0.2) is 9.18 Å². The lowest BCUT2D eigenvalue weighted by Crippen LogP contribution is -2.03. The predicted octanol–water partition coefficient (Wildman–Crippen LogP) is 1.70. The summed E-state index contributed by atoms with van der Waals surface area (Å²) in [6, 6.07) is 4.17. The van der Waals surface area contributed by atoms with Crippen LogP contribution in [-0.2, 0) is 0 Å². The molecule has 0 saturated heterocycles. The molecule has 0 aromatic heterocycles. The first-order valence-electron chi connectivity index (χ1n) is 3.50. The van der Waals surface area contributed by atoms with Crippen LogP contribution in [0.4, 0.5) is 4.39 Å². The molecule has 13 heavy (non-hydrogen) atoms. The SMILES string of the molecule is Cc1ccc(C(=O)O)c(F)c1C#N. The van der Waals surface area contributed by atoms with E-state index in [0.29, 0.717) is 5.56 Å². The predicted molar refractivity (Wildman–Crippen MR) is 42.8 cm³/mol. The molecule has 0 bridgehead atoms. The van der Waals surface area contributed by atoms with Gasteiger partial charge in [0.1, 0.15) is 6.07 Å². The molecule has 0 aliphatic carbocycles. The molecule has 0 saturated carbocycles. The van der Waals surface area contributed by atoms with Crippen LogP contribution in [0.3, 0.4) is 0 Å². The Kier molecular flexibility index (Phi) is 2.29. The highest BCUT2D eigenvalue weighted by Gasteiger charge is 2.15. The summed E-state index contributed by atoms with van der Waals surface area (Å²) in [7, 11) is 0. The number of hydrogen-bond acceptors (Lipinski definition) is 2. The quantitative estimate of drug-likeness (QED) is 0.713. The molecule has 0 heterocycles. The average molecular weight is 179 g/mol. The second-order valence-electron chi connectivity index (χ2n) is 2.54. The molecule has 0 spiro atoms. The third-order valence-corrected chi connectivity index (χ3v) is 1.69. The molecular formula is C9H6FNO2. The smallest absolute Gasteiger partial charge is 0.338 e. The highest BCUT2D eigenvalue weighted by atomic mass is 19.1. The average Bonchev–Trinajstić information content (AvgIpc) is 2.04. The van der Waals surface area contributed by atoms with Crippen molar-refractivity contribution in [2.75, 3.05) is 0 Å². The minimum absolute atomic E-state index is 0.208. The van der Waals surface area contributed by atoms with Crippen LogP contribution in [0, 0.1) is 24.1 Å². The molecule has 0 aliphatic heterocycles. The van der Waals surface area contributed by atoms with Crippen molar-refractivity contribution in [3.63, 3.8) is 0 Å². The zero-order chi connectivity index (χ0) is 10.0. The highest BCUT2D eigenvalue weighted by Crippen LogP contribution is 2.16. The van der Waals surface area contributed by atoms with Crippen LogP contribution in [0.15, 0.2) is 12.1 Å².